The van der Waals surface area contributed by atoms with Crippen LogP contribution in [0.2, 0.25) is 0 Å². The van der Waals surface area contributed by atoms with Gasteiger partial charge in [0.1, 0.15) is 6.61 Å². The highest BCUT2D eigenvalue weighted by molar-refractivity contribution is 9.10. The molecule has 0 saturated carbocycles. The van der Waals surface area contributed by atoms with Crippen LogP contribution in [-0.2, 0) is 17.9 Å². The average molecular weight is 434 g/mol. The van der Waals surface area contributed by atoms with E-state index in [0.29, 0.717) is 35.3 Å². The highest BCUT2D eigenvalue weighted by Gasteiger charge is 2.29. The van der Waals surface area contributed by atoms with Gasteiger partial charge in [-0.05, 0) is 17.7 Å². The maximum absolute atomic E-state index is 12.8. The lowest BCUT2D eigenvalue weighted by Gasteiger charge is -2.17. The Morgan fingerprint density at radius 1 is 0.821 bits per heavy atom. The molecule has 0 spiro atoms. The first kappa shape index (κ1) is 18.3. The normalized spacial score (nSPS) is 12.8. The maximum Gasteiger partial charge on any atom is 0.194 e. The standard InChI is InChI=1S/C23H16BrNO3/c24-21-8-4-1-5-16(21)14-28-25-12-11-15-9-10-19-20(13-15)23(27)18-7-3-2-6-17(18)22(19)26/h1-10,12-13H,11,14H2/b25-12-. The smallest absolute Gasteiger partial charge is 0.194 e. The van der Waals surface area contributed by atoms with Crippen LogP contribution in [0.4, 0.5) is 0 Å². The summed E-state index contributed by atoms with van der Waals surface area (Å²) in [7, 11) is 0. The quantitative estimate of drug-likeness (QED) is 0.329. The number of fused-ring (bicyclic) bond motifs is 2. The molecule has 0 atom stereocenters. The van der Waals surface area contributed by atoms with E-state index in [-0.39, 0.29) is 11.6 Å². The topological polar surface area (TPSA) is 55.7 Å². The fourth-order valence-corrected chi connectivity index (χ4v) is 3.59. The van der Waals surface area contributed by atoms with Crippen LogP contribution in [0.15, 0.2) is 76.4 Å². The second-order valence-corrected chi connectivity index (χ2v) is 7.30. The Bertz CT molecular complexity index is 1100. The zero-order valence-corrected chi connectivity index (χ0v) is 16.5. The molecule has 4 nitrogen and oxygen atoms in total. The van der Waals surface area contributed by atoms with Crippen molar-refractivity contribution >= 4 is 33.7 Å². The van der Waals surface area contributed by atoms with Crippen LogP contribution in [0.1, 0.15) is 43.0 Å². The van der Waals surface area contributed by atoms with Crippen LogP contribution in [-0.4, -0.2) is 17.8 Å². The molecule has 138 valence electrons. The maximum atomic E-state index is 12.8. The van der Waals surface area contributed by atoms with Gasteiger partial charge in [0.25, 0.3) is 0 Å². The molecule has 0 radical (unpaired) electrons. The Morgan fingerprint density at radius 2 is 1.46 bits per heavy atom. The van der Waals surface area contributed by atoms with E-state index in [4.69, 9.17) is 4.84 Å². The summed E-state index contributed by atoms with van der Waals surface area (Å²) in [5.41, 5.74) is 3.74. The lowest BCUT2D eigenvalue weighted by Crippen LogP contribution is -2.21. The molecule has 0 aromatic heterocycles. The lowest BCUT2D eigenvalue weighted by atomic mass is 9.83. The van der Waals surface area contributed by atoms with Crippen molar-refractivity contribution in [3.63, 3.8) is 0 Å². The van der Waals surface area contributed by atoms with Gasteiger partial charge < -0.3 is 4.84 Å². The van der Waals surface area contributed by atoms with Crippen LogP contribution in [0.25, 0.3) is 0 Å². The van der Waals surface area contributed by atoms with Gasteiger partial charge in [-0.3, -0.25) is 9.59 Å². The third-order valence-electron chi connectivity index (χ3n) is 4.64. The van der Waals surface area contributed by atoms with Gasteiger partial charge in [0.2, 0.25) is 0 Å². The molecule has 4 rings (SSSR count). The predicted octanol–water partition coefficient (Wildman–Crippen LogP) is 4.97. The molecule has 0 bridgehead atoms. The molecule has 28 heavy (non-hydrogen) atoms. The Hall–Kier alpha value is -3.05. The zero-order valence-electron chi connectivity index (χ0n) is 14.9. The Morgan fingerprint density at radius 3 is 2.21 bits per heavy atom. The molecule has 0 unspecified atom stereocenters. The molecular weight excluding hydrogens is 418 g/mol. The molecule has 1 aliphatic carbocycles. The number of oxime groups is 1. The summed E-state index contributed by atoms with van der Waals surface area (Å²) in [5, 5.41) is 3.99. The third-order valence-corrected chi connectivity index (χ3v) is 5.42. The molecule has 0 saturated heterocycles. The van der Waals surface area contributed by atoms with Crippen molar-refractivity contribution in [3.8, 4) is 0 Å². The monoisotopic (exact) mass is 433 g/mol. The van der Waals surface area contributed by atoms with E-state index in [2.05, 4.69) is 21.1 Å². The van der Waals surface area contributed by atoms with E-state index in [1.165, 1.54) is 0 Å². The molecule has 0 amide bonds. The number of hydrogen-bond acceptors (Lipinski definition) is 4. The summed E-state index contributed by atoms with van der Waals surface area (Å²) in [5.74, 6) is -0.226. The Kier molecular flexibility index (Phi) is 5.17. The first-order chi connectivity index (χ1) is 13.6. The summed E-state index contributed by atoms with van der Waals surface area (Å²) >= 11 is 3.47. The van der Waals surface area contributed by atoms with Gasteiger partial charge in [-0.2, -0.15) is 0 Å². The summed E-state index contributed by atoms with van der Waals surface area (Å²) in [6.07, 6.45) is 2.16. The summed E-state index contributed by atoms with van der Waals surface area (Å²) in [6.45, 7) is 0.367. The van der Waals surface area contributed by atoms with E-state index < -0.39 is 0 Å². The largest absolute Gasteiger partial charge is 0.391 e. The number of ketones is 2. The minimum Gasteiger partial charge on any atom is -0.391 e. The number of hydrogen-bond donors (Lipinski definition) is 0. The van der Waals surface area contributed by atoms with Crippen molar-refractivity contribution in [1.82, 2.24) is 0 Å². The Labute approximate surface area is 171 Å². The number of carbonyl (C=O) groups is 2. The van der Waals surface area contributed by atoms with Crippen molar-refractivity contribution in [2.24, 2.45) is 5.16 Å². The zero-order chi connectivity index (χ0) is 19.5. The average Bonchev–Trinajstić information content (AvgIpc) is 2.73. The highest BCUT2D eigenvalue weighted by atomic mass is 79.9. The summed E-state index contributed by atoms with van der Waals surface area (Å²) in [4.78, 5) is 30.7. The number of carbonyl (C=O) groups excluding carboxylic acids is 2. The summed E-state index contributed by atoms with van der Waals surface area (Å²) in [6, 6.07) is 20.1. The van der Waals surface area contributed by atoms with Crippen LogP contribution >= 0.6 is 15.9 Å². The molecule has 0 aliphatic heterocycles. The van der Waals surface area contributed by atoms with E-state index in [1.54, 1.807) is 42.6 Å². The third kappa shape index (κ3) is 3.53. The van der Waals surface area contributed by atoms with Gasteiger partial charge in [-0.15, -0.1) is 0 Å². The van der Waals surface area contributed by atoms with Crippen molar-refractivity contribution in [2.45, 2.75) is 13.0 Å². The number of nitrogens with zero attached hydrogens (tertiary/aromatic N) is 1. The van der Waals surface area contributed by atoms with Crippen LogP contribution in [0, 0.1) is 0 Å². The fraction of sp³-hybridized carbons (Fsp3) is 0.0870. The van der Waals surface area contributed by atoms with Crippen LogP contribution < -0.4 is 0 Å². The minimum absolute atomic E-state index is 0.109. The van der Waals surface area contributed by atoms with E-state index in [9.17, 15) is 9.59 Å². The number of benzene rings is 3. The van der Waals surface area contributed by atoms with Gasteiger partial charge in [-0.25, -0.2) is 0 Å². The van der Waals surface area contributed by atoms with Crippen molar-refractivity contribution in [3.05, 3.63) is 105 Å². The first-order valence-corrected chi connectivity index (χ1v) is 9.63. The molecule has 3 aromatic rings. The van der Waals surface area contributed by atoms with Crippen molar-refractivity contribution in [1.29, 1.82) is 0 Å². The minimum atomic E-state index is -0.117. The fourth-order valence-electron chi connectivity index (χ4n) is 3.19. The second kappa shape index (κ2) is 7.90. The van der Waals surface area contributed by atoms with E-state index in [1.807, 2.05) is 30.3 Å². The van der Waals surface area contributed by atoms with Gasteiger partial charge in [0.05, 0.1) is 0 Å². The van der Waals surface area contributed by atoms with Crippen molar-refractivity contribution in [2.75, 3.05) is 0 Å². The van der Waals surface area contributed by atoms with Crippen LogP contribution in [0.3, 0.4) is 0 Å². The second-order valence-electron chi connectivity index (χ2n) is 6.44. The SMILES string of the molecule is O=C1c2ccccc2C(=O)c2cc(C/C=N\OCc3ccccc3Br)ccc21. The number of halogens is 1. The van der Waals surface area contributed by atoms with Gasteiger partial charge in [0, 0.05) is 44.9 Å². The molecular formula is C23H16BrNO3. The van der Waals surface area contributed by atoms with Gasteiger partial charge >= 0.3 is 0 Å². The molecule has 0 fully saturated rings. The van der Waals surface area contributed by atoms with Gasteiger partial charge in [-0.1, -0.05) is 75.7 Å². The molecule has 0 heterocycles. The summed E-state index contributed by atoms with van der Waals surface area (Å²) < 4.78 is 0.975. The van der Waals surface area contributed by atoms with E-state index >= 15 is 0 Å². The van der Waals surface area contributed by atoms with Crippen LogP contribution in [0.5, 0.6) is 0 Å². The molecule has 5 heteroatoms. The predicted molar refractivity (Wildman–Crippen MR) is 111 cm³/mol. The lowest BCUT2D eigenvalue weighted by molar-refractivity contribution is 0.0979. The molecule has 0 N–H and O–H groups in total. The first-order valence-electron chi connectivity index (χ1n) is 8.83. The Balaban J connectivity index is 1.45. The van der Waals surface area contributed by atoms with E-state index in [0.717, 1.165) is 15.6 Å². The van der Waals surface area contributed by atoms with Crippen molar-refractivity contribution < 1.29 is 14.4 Å². The van der Waals surface area contributed by atoms with Gasteiger partial charge in [0.15, 0.2) is 11.6 Å². The number of rotatable bonds is 5. The molecule has 1 aliphatic rings. The highest BCUT2D eigenvalue weighted by Crippen LogP contribution is 2.27. The molecule has 3 aromatic carbocycles.